The Balaban J connectivity index is 1.77. The van der Waals surface area contributed by atoms with Crippen LogP contribution >= 0.6 is 0 Å². The number of hydrogen-bond acceptors (Lipinski definition) is 4. The SMILES string of the molecule is CCOC(=O)c1ccc(NC(=O)NCCc2ccccn2)cc1. The highest BCUT2D eigenvalue weighted by atomic mass is 16.5. The van der Waals surface area contributed by atoms with E-state index in [4.69, 9.17) is 4.74 Å². The summed E-state index contributed by atoms with van der Waals surface area (Å²) in [6.07, 6.45) is 2.39. The van der Waals surface area contributed by atoms with E-state index in [1.807, 2.05) is 18.2 Å². The van der Waals surface area contributed by atoms with Gasteiger partial charge in [0.15, 0.2) is 0 Å². The van der Waals surface area contributed by atoms with Gasteiger partial charge in [0.25, 0.3) is 0 Å². The van der Waals surface area contributed by atoms with Crippen molar-refractivity contribution in [3.05, 3.63) is 59.9 Å². The maximum atomic E-state index is 11.8. The number of urea groups is 1. The molecule has 0 saturated heterocycles. The van der Waals surface area contributed by atoms with Gasteiger partial charge >= 0.3 is 12.0 Å². The second-order valence-corrected chi connectivity index (χ2v) is 4.75. The van der Waals surface area contributed by atoms with Crippen LogP contribution < -0.4 is 10.6 Å². The van der Waals surface area contributed by atoms with Crippen LogP contribution in [0.25, 0.3) is 0 Å². The Hall–Kier alpha value is -2.89. The number of nitrogens with one attached hydrogen (secondary N) is 2. The molecule has 0 saturated carbocycles. The summed E-state index contributed by atoms with van der Waals surface area (Å²) in [5, 5.41) is 5.46. The predicted molar refractivity (Wildman–Crippen MR) is 87.4 cm³/mol. The predicted octanol–water partition coefficient (Wildman–Crippen LogP) is 2.62. The number of hydrogen-bond donors (Lipinski definition) is 2. The largest absolute Gasteiger partial charge is 0.462 e. The summed E-state index contributed by atoms with van der Waals surface area (Å²) in [6.45, 7) is 2.57. The second-order valence-electron chi connectivity index (χ2n) is 4.75. The molecule has 0 unspecified atom stereocenters. The van der Waals surface area contributed by atoms with Gasteiger partial charge < -0.3 is 15.4 Å². The van der Waals surface area contributed by atoms with Gasteiger partial charge in [-0.15, -0.1) is 0 Å². The van der Waals surface area contributed by atoms with Crippen molar-refractivity contribution >= 4 is 17.7 Å². The van der Waals surface area contributed by atoms with Crippen LogP contribution in [0.15, 0.2) is 48.7 Å². The van der Waals surface area contributed by atoms with E-state index in [0.717, 1.165) is 5.69 Å². The monoisotopic (exact) mass is 313 g/mol. The lowest BCUT2D eigenvalue weighted by molar-refractivity contribution is 0.0526. The number of aromatic nitrogens is 1. The van der Waals surface area contributed by atoms with Crippen molar-refractivity contribution in [3.8, 4) is 0 Å². The zero-order valence-electron chi connectivity index (χ0n) is 12.9. The fourth-order valence-electron chi connectivity index (χ4n) is 1.93. The normalized spacial score (nSPS) is 9.96. The molecule has 2 rings (SSSR count). The summed E-state index contributed by atoms with van der Waals surface area (Å²) < 4.78 is 4.90. The highest BCUT2D eigenvalue weighted by molar-refractivity contribution is 5.92. The molecule has 6 heteroatoms. The minimum Gasteiger partial charge on any atom is -0.462 e. The summed E-state index contributed by atoms with van der Waals surface area (Å²) in [7, 11) is 0. The average molecular weight is 313 g/mol. The molecule has 2 amide bonds. The van der Waals surface area contributed by atoms with E-state index in [9.17, 15) is 9.59 Å². The number of esters is 1. The molecule has 120 valence electrons. The van der Waals surface area contributed by atoms with E-state index in [1.165, 1.54) is 0 Å². The van der Waals surface area contributed by atoms with Gasteiger partial charge in [0.1, 0.15) is 0 Å². The smallest absolute Gasteiger partial charge is 0.338 e. The van der Waals surface area contributed by atoms with E-state index in [1.54, 1.807) is 37.4 Å². The third-order valence-electron chi connectivity index (χ3n) is 3.05. The molecule has 2 N–H and O–H groups in total. The van der Waals surface area contributed by atoms with Crippen molar-refractivity contribution in [3.63, 3.8) is 0 Å². The van der Waals surface area contributed by atoms with Gasteiger partial charge in [-0.2, -0.15) is 0 Å². The van der Waals surface area contributed by atoms with Crippen molar-refractivity contribution in [2.75, 3.05) is 18.5 Å². The Kier molecular flexibility index (Phi) is 6.11. The highest BCUT2D eigenvalue weighted by Crippen LogP contribution is 2.10. The van der Waals surface area contributed by atoms with E-state index in [0.29, 0.717) is 30.8 Å². The lowest BCUT2D eigenvalue weighted by atomic mass is 10.2. The Morgan fingerprint density at radius 2 is 1.91 bits per heavy atom. The molecule has 0 radical (unpaired) electrons. The number of anilines is 1. The maximum absolute atomic E-state index is 11.8. The molecule has 0 aliphatic carbocycles. The van der Waals surface area contributed by atoms with Gasteiger partial charge in [-0.05, 0) is 43.3 Å². The lowest BCUT2D eigenvalue weighted by Gasteiger charge is -2.08. The number of benzene rings is 1. The van der Waals surface area contributed by atoms with Crippen LogP contribution in [0.3, 0.4) is 0 Å². The van der Waals surface area contributed by atoms with Crippen LogP contribution in [0.1, 0.15) is 23.0 Å². The Labute approximate surface area is 134 Å². The molecule has 0 aliphatic heterocycles. The van der Waals surface area contributed by atoms with Gasteiger partial charge in [-0.25, -0.2) is 9.59 Å². The van der Waals surface area contributed by atoms with Crippen LogP contribution in [0.5, 0.6) is 0 Å². The number of rotatable bonds is 6. The van der Waals surface area contributed by atoms with Crippen molar-refractivity contribution in [2.24, 2.45) is 0 Å². The molecule has 0 atom stereocenters. The van der Waals surface area contributed by atoms with Crippen LogP contribution in [0.2, 0.25) is 0 Å². The van der Waals surface area contributed by atoms with Crippen molar-refractivity contribution in [1.29, 1.82) is 0 Å². The average Bonchev–Trinajstić information content (AvgIpc) is 2.57. The summed E-state index contributed by atoms with van der Waals surface area (Å²) in [6, 6.07) is 11.9. The summed E-state index contributed by atoms with van der Waals surface area (Å²) >= 11 is 0. The molecular formula is C17H19N3O3. The number of amides is 2. The molecule has 1 aromatic carbocycles. The van der Waals surface area contributed by atoms with Crippen molar-refractivity contribution in [1.82, 2.24) is 10.3 Å². The fourth-order valence-corrected chi connectivity index (χ4v) is 1.93. The maximum Gasteiger partial charge on any atom is 0.338 e. The minimum atomic E-state index is -0.376. The van der Waals surface area contributed by atoms with Crippen LogP contribution in [0, 0.1) is 0 Å². The first-order valence-corrected chi connectivity index (χ1v) is 7.41. The molecule has 0 fully saturated rings. The molecule has 23 heavy (non-hydrogen) atoms. The standard InChI is InChI=1S/C17H19N3O3/c1-2-23-16(21)13-6-8-15(9-7-13)20-17(22)19-12-10-14-5-3-4-11-18-14/h3-9,11H,2,10,12H2,1H3,(H2,19,20,22). The van der Waals surface area contributed by atoms with Gasteiger partial charge in [0.05, 0.1) is 12.2 Å². The Morgan fingerprint density at radius 3 is 2.57 bits per heavy atom. The Bertz CT molecular complexity index is 642. The molecule has 6 nitrogen and oxygen atoms in total. The molecule has 1 aromatic heterocycles. The summed E-state index contributed by atoms with van der Waals surface area (Å²) in [4.78, 5) is 27.5. The Morgan fingerprint density at radius 1 is 1.13 bits per heavy atom. The minimum absolute atomic E-state index is 0.301. The van der Waals surface area contributed by atoms with Crippen molar-refractivity contribution < 1.29 is 14.3 Å². The topological polar surface area (TPSA) is 80.3 Å². The van der Waals surface area contributed by atoms with Gasteiger partial charge in [0, 0.05) is 30.5 Å². The van der Waals surface area contributed by atoms with Crippen molar-refractivity contribution in [2.45, 2.75) is 13.3 Å². The first-order valence-electron chi connectivity index (χ1n) is 7.41. The number of ether oxygens (including phenoxy) is 1. The molecule has 0 aliphatic rings. The quantitative estimate of drug-likeness (QED) is 0.803. The summed E-state index contributed by atoms with van der Waals surface area (Å²) in [5.74, 6) is -0.376. The number of carbonyl (C=O) groups excluding carboxylic acids is 2. The third-order valence-corrected chi connectivity index (χ3v) is 3.05. The zero-order chi connectivity index (χ0) is 16.5. The number of pyridine rings is 1. The fraction of sp³-hybridized carbons (Fsp3) is 0.235. The van der Waals surface area contributed by atoms with Crippen LogP contribution in [-0.4, -0.2) is 30.1 Å². The highest BCUT2D eigenvalue weighted by Gasteiger charge is 2.07. The first kappa shape index (κ1) is 16.5. The van der Waals surface area contributed by atoms with Gasteiger partial charge in [-0.3, -0.25) is 4.98 Å². The first-order chi connectivity index (χ1) is 11.2. The molecule has 0 spiro atoms. The molecule has 0 bridgehead atoms. The van der Waals surface area contributed by atoms with E-state index in [-0.39, 0.29) is 12.0 Å². The molecular weight excluding hydrogens is 294 g/mol. The van der Waals surface area contributed by atoms with Crippen LogP contribution in [0.4, 0.5) is 10.5 Å². The molecule has 2 aromatic rings. The van der Waals surface area contributed by atoms with Gasteiger partial charge in [-0.1, -0.05) is 6.07 Å². The van der Waals surface area contributed by atoms with E-state index >= 15 is 0 Å². The lowest BCUT2D eigenvalue weighted by Crippen LogP contribution is -2.30. The second kappa shape index (κ2) is 8.53. The van der Waals surface area contributed by atoms with E-state index < -0.39 is 0 Å². The van der Waals surface area contributed by atoms with E-state index in [2.05, 4.69) is 15.6 Å². The van der Waals surface area contributed by atoms with Crippen LogP contribution in [-0.2, 0) is 11.2 Å². The number of nitrogens with zero attached hydrogens (tertiary/aromatic N) is 1. The zero-order valence-corrected chi connectivity index (χ0v) is 12.9. The van der Waals surface area contributed by atoms with Gasteiger partial charge in [0.2, 0.25) is 0 Å². The molecule has 1 heterocycles. The number of carbonyl (C=O) groups is 2. The third kappa shape index (κ3) is 5.43. The summed E-state index contributed by atoms with van der Waals surface area (Å²) in [5.41, 5.74) is 1.98.